The molecule has 0 fully saturated rings. The van der Waals surface area contributed by atoms with E-state index in [-0.39, 0.29) is 12.1 Å². The molecular formula is C25H22F3N3O2. The van der Waals surface area contributed by atoms with Crippen molar-refractivity contribution in [2.24, 2.45) is 0 Å². The number of nitrogens with zero attached hydrogens (tertiary/aromatic N) is 3. The van der Waals surface area contributed by atoms with Crippen LogP contribution in [0.25, 0.3) is 0 Å². The highest BCUT2D eigenvalue weighted by atomic mass is 19.4. The smallest absolute Gasteiger partial charge is 0.416 e. The summed E-state index contributed by atoms with van der Waals surface area (Å²) in [6.45, 7) is 1.86. The van der Waals surface area contributed by atoms with Crippen LogP contribution in [0.5, 0.6) is 5.75 Å². The summed E-state index contributed by atoms with van der Waals surface area (Å²) in [6, 6.07) is 12.3. The second-order valence-electron chi connectivity index (χ2n) is 7.79. The molecule has 1 aliphatic heterocycles. The number of ether oxygens (including phenoxy) is 1. The minimum atomic E-state index is -4.39. The first-order chi connectivity index (χ1) is 15.8. The summed E-state index contributed by atoms with van der Waals surface area (Å²) < 4.78 is 44.9. The molecule has 170 valence electrons. The van der Waals surface area contributed by atoms with Crippen LogP contribution in [0.1, 0.15) is 27.9 Å². The van der Waals surface area contributed by atoms with Crippen LogP contribution in [-0.4, -0.2) is 34.7 Å². The summed E-state index contributed by atoms with van der Waals surface area (Å²) in [4.78, 5) is 19.5. The molecule has 5 nitrogen and oxygen atoms in total. The van der Waals surface area contributed by atoms with Crippen molar-refractivity contribution >= 4 is 0 Å². The van der Waals surface area contributed by atoms with Crippen LogP contribution in [0, 0.1) is 11.8 Å². The van der Waals surface area contributed by atoms with Crippen molar-refractivity contribution in [1.82, 2.24) is 14.5 Å². The third-order valence-corrected chi connectivity index (χ3v) is 5.53. The van der Waals surface area contributed by atoms with Gasteiger partial charge in [-0.1, -0.05) is 24.0 Å². The van der Waals surface area contributed by atoms with E-state index < -0.39 is 11.7 Å². The van der Waals surface area contributed by atoms with Crippen LogP contribution < -0.4 is 10.3 Å². The van der Waals surface area contributed by atoms with E-state index in [1.54, 1.807) is 7.11 Å². The zero-order valence-electron chi connectivity index (χ0n) is 18.0. The Morgan fingerprint density at radius 3 is 2.48 bits per heavy atom. The van der Waals surface area contributed by atoms with Gasteiger partial charge in [0, 0.05) is 25.1 Å². The Kier molecular flexibility index (Phi) is 6.52. The fraction of sp³-hybridized carbons (Fsp3) is 0.280. The van der Waals surface area contributed by atoms with Gasteiger partial charge in [0.2, 0.25) is 0 Å². The second kappa shape index (κ2) is 9.51. The molecule has 33 heavy (non-hydrogen) atoms. The Balaban J connectivity index is 1.44. The van der Waals surface area contributed by atoms with E-state index in [1.807, 2.05) is 24.3 Å². The number of halogens is 3. The van der Waals surface area contributed by atoms with Crippen molar-refractivity contribution < 1.29 is 17.9 Å². The second-order valence-corrected chi connectivity index (χ2v) is 7.79. The molecule has 0 aliphatic carbocycles. The summed E-state index contributed by atoms with van der Waals surface area (Å²) >= 11 is 0. The molecule has 4 rings (SSSR count). The Labute approximate surface area is 189 Å². The van der Waals surface area contributed by atoms with Gasteiger partial charge in [-0.2, -0.15) is 13.2 Å². The van der Waals surface area contributed by atoms with Gasteiger partial charge in [0.25, 0.3) is 5.56 Å². The monoisotopic (exact) mass is 453 g/mol. The van der Waals surface area contributed by atoms with Crippen LogP contribution in [0.4, 0.5) is 13.2 Å². The highest BCUT2D eigenvalue weighted by molar-refractivity contribution is 5.38. The molecule has 0 bridgehead atoms. The maximum atomic E-state index is 13.0. The Hall–Kier alpha value is -3.57. The summed E-state index contributed by atoms with van der Waals surface area (Å²) in [5, 5.41) is 0. The normalized spacial score (nSPS) is 13.7. The summed E-state index contributed by atoms with van der Waals surface area (Å²) in [5.74, 6) is 7.03. The van der Waals surface area contributed by atoms with E-state index in [0.717, 1.165) is 35.7 Å². The summed E-state index contributed by atoms with van der Waals surface area (Å²) in [5.41, 5.74) is 1.98. The largest absolute Gasteiger partial charge is 0.497 e. The van der Waals surface area contributed by atoms with Gasteiger partial charge in [0.05, 0.1) is 43.3 Å². The van der Waals surface area contributed by atoms with E-state index >= 15 is 0 Å². The number of hydrogen-bond acceptors (Lipinski definition) is 4. The first-order valence-corrected chi connectivity index (χ1v) is 10.4. The average molecular weight is 453 g/mol. The fourth-order valence-corrected chi connectivity index (χ4v) is 3.68. The number of methoxy groups -OCH3 is 1. The van der Waals surface area contributed by atoms with E-state index in [4.69, 9.17) is 4.74 Å². The lowest BCUT2D eigenvalue weighted by Crippen LogP contribution is -2.38. The molecule has 1 aliphatic rings. The average Bonchev–Trinajstić information content (AvgIpc) is 2.81. The van der Waals surface area contributed by atoms with Crippen LogP contribution in [-0.2, 0) is 25.7 Å². The van der Waals surface area contributed by atoms with Gasteiger partial charge in [-0.3, -0.25) is 14.3 Å². The third-order valence-electron chi connectivity index (χ3n) is 5.53. The summed E-state index contributed by atoms with van der Waals surface area (Å²) in [7, 11) is 1.61. The molecule has 0 amide bonds. The van der Waals surface area contributed by atoms with Crippen LogP contribution in [0.2, 0.25) is 0 Å². The quantitative estimate of drug-likeness (QED) is 0.565. The molecule has 0 saturated heterocycles. The van der Waals surface area contributed by atoms with Gasteiger partial charge < -0.3 is 4.74 Å². The van der Waals surface area contributed by atoms with Gasteiger partial charge >= 0.3 is 6.18 Å². The lowest BCUT2D eigenvalue weighted by Gasteiger charge is -2.26. The Morgan fingerprint density at radius 2 is 1.82 bits per heavy atom. The molecule has 2 heterocycles. The lowest BCUT2D eigenvalue weighted by atomic mass is 10.1. The Bertz CT molecular complexity index is 1240. The fourth-order valence-electron chi connectivity index (χ4n) is 3.68. The molecule has 0 radical (unpaired) electrons. The lowest BCUT2D eigenvalue weighted by molar-refractivity contribution is -0.137. The molecule has 3 aromatic rings. The molecule has 0 saturated carbocycles. The van der Waals surface area contributed by atoms with Gasteiger partial charge in [0.1, 0.15) is 5.75 Å². The predicted octanol–water partition coefficient (Wildman–Crippen LogP) is 3.73. The Morgan fingerprint density at radius 1 is 1.09 bits per heavy atom. The number of benzene rings is 2. The zero-order chi connectivity index (χ0) is 23.4. The topological polar surface area (TPSA) is 47.4 Å². The number of aromatic nitrogens is 2. The number of fused-ring (bicyclic) bond motifs is 1. The van der Waals surface area contributed by atoms with Gasteiger partial charge in [-0.15, -0.1) is 0 Å². The molecule has 1 aromatic heterocycles. The first kappa shape index (κ1) is 22.6. The molecule has 2 aromatic carbocycles. The molecule has 0 unspecified atom stereocenters. The van der Waals surface area contributed by atoms with Crippen molar-refractivity contribution in [3.63, 3.8) is 0 Å². The minimum absolute atomic E-state index is 0.161. The third kappa shape index (κ3) is 5.44. The first-order valence-electron chi connectivity index (χ1n) is 10.4. The highest BCUT2D eigenvalue weighted by Crippen LogP contribution is 2.29. The SMILES string of the molecule is COc1ccc(C#CCN2CCc3ncn(Cc4ccc(C(F)(F)F)cc4)c(=O)c3C2)cc1. The van der Waals surface area contributed by atoms with Crippen molar-refractivity contribution in [2.45, 2.75) is 25.7 Å². The van der Waals surface area contributed by atoms with Crippen LogP contribution in [0.3, 0.4) is 0 Å². The van der Waals surface area contributed by atoms with E-state index in [2.05, 4.69) is 21.7 Å². The standard InChI is InChI=1S/C25H22F3N3O2/c1-33-21-10-6-18(7-11-21)3-2-13-30-14-12-23-22(16-30)24(32)31(17-29-23)15-19-4-8-20(9-5-19)25(26,27)28/h4-11,17H,12-16H2,1H3. The zero-order valence-corrected chi connectivity index (χ0v) is 18.0. The van der Waals surface area contributed by atoms with Gasteiger partial charge in [-0.05, 0) is 42.0 Å². The van der Waals surface area contributed by atoms with Crippen molar-refractivity contribution in [3.05, 3.63) is 93.2 Å². The van der Waals surface area contributed by atoms with Gasteiger partial charge in [-0.25, -0.2) is 4.98 Å². The molecule has 0 N–H and O–H groups in total. The highest BCUT2D eigenvalue weighted by Gasteiger charge is 2.30. The number of hydrogen-bond donors (Lipinski definition) is 0. The van der Waals surface area contributed by atoms with Crippen molar-refractivity contribution in [1.29, 1.82) is 0 Å². The van der Waals surface area contributed by atoms with E-state index in [0.29, 0.717) is 30.6 Å². The summed E-state index contributed by atoms with van der Waals surface area (Å²) in [6.07, 6.45) is -2.27. The van der Waals surface area contributed by atoms with E-state index in [9.17, 15) is 18.0 Å². The molecule has 0 spiro atoms. The molecule has 8 heteroatoms. The molecular weight excluding hydrogens is 431 g/mol. The van der Waals surface area contributed by atoms with Crippen molar-refractivity contribution in [3.8, 4) is 17.6 Å². The minimum Gasteiger partial charge on any atom is -0.497 e. The van der Waals surface area contributed by atoms with Crippen LogP contribution >= 0.6 is 0 Å². The number of alkyl halides is 3. The maximum absolute atomic E-state index is 13.0. The van der Waals surface area contributed by atoms with E-state index in [1.165, 1.54) is 23.0 Å². The van der Waals surface area contributed by atoms with Crippen molar-refractivity contribution in [2.75, 3.05) is 20.2 Å². The maximum Gasteiger partial charge on any atom is 0.416 e. The predicted molar refractivity (Wildman–Crippen MR) is 118 cm³/mol. The number of rotatable bonds is 4. The van der Waals surface area contributed by atoms with Crippen LogP contribution in [0.15, 0.2) is 59.7 Å². The van der Waals surface area contributed by atoms with Gasteiger partial charge in [0.15, 0.2) is 0 Å². The molecule has 0 atom stereocenters.